The van der Waals surface area contributed by atoms with Crippen LogP contribution in [0, 0.1) is 0 Å². The van der Waals surface area contributed by atoms with Gasteiger partial charge in [0.25, 0.3) is 0 Å². The zero-order chi connectivity index (χ0) is 20.0. The Morgan fingerprint density at radius 3 is 2.26 bits per heavy atom. The molecule has 2 rings (SSSR count). The fourth-order valence-corrected chi connectivity index (χ4v) is 2.93. The fourth-order valence-electron chi connectivity index (χ4n) is 2.07. The van der Waals surface area contributed by atoms with Crippen LogP contribution < -0.4 is 16.0 Å². The molecule has 27 heavy (non-hydrogen) atoms. The van der Waals surface area contributed by atoms with Crippen LogP contribution in [0.5, 0.6) is 0 Å². The molecule has 0 unspecified atom stereocenters. The molecule has 144 valence electrons. The fraction of sp³-hybridized carbons (Fsp3) is 0.176. The number of benzene rings is 2. The van der Waals surface area contributed by atoms with E-state index in [1.165, 1.54) is 0 Å². The number of halogens is 5. The van der Waals surface area contributed by atoms with Crippen LogP contribution in [0.25, 0.3) is 0 Å². The van der Waals surface area contributed by atoms with Gasteiger partial charge in [-0.1, -0.05) is 88.3 Å². The van der Waals surface area contributed by atoms with Gasteiger partial charge < -0.3 is 16.0 Å². The minimum absolute atomic E-state index is 0.129. The van der Waals surface area contributed by atoms with Gasteiger partial charge in [-0.15, -0.1) is 0 Å². The Balaban J connectivity index is 2.00. The summed E-state index contributed by atoms with van der Waals surface area (Å²) in [6.45, 7) is 0. The van der Waals surface area contributed by atoms with E-state index in [1.54, 1.807) is 18.2 Å². The minimum atomic E-state index is -1.84. The quantitative estimate of drug-likeness (QED) is 0.304. The highest BCUT2D eigenvalue weighted by molar-refractivity contribution is 7.80. The van der Waals surface area contributed by atoms with Gasteiger partial charge in [0.15, 0.2) is 5.11 Å². The molecule has 0 spiro atoms. The predicted molar refractivity (Wildman–Crippen MR) is 118 cm³/mol. The van der Waals surface area contributed by atoms with Gasteiger partial charge in [0, 0.05) is 5.69 Å². The zero-order valence-electron chi connectivity index (χ0n) is 13.6. The third kappa shape index (κ3) is 7.53. The average molecular weight is 486 g/mol. The highest BCUT2D eigenvalue weighted by Crippen LogP contribution is 2.29. The van der Waals surface area contributed by atoms with Crippen molar-refractivity contribution >= 4 is 86.9 Å². The summed E-state index contributed by atoms with van der Waals surface area (Å²) in [5.41, 5.74) is 1.41. The van der Waals surface area contributed by atoms with E-state index in [2.05, 4.69) is 16.0 Å². The minimum Gasteiger partial charge on any atom is -0.339 e. The van der Waals surface area contributed by atoms with Gasteiger partial charge in [-0.05, 0) is 36.0 Å². The first kappa shape index (κ1) is 22.3. The molecule has 2 aromatic carbocycles. The van der Waals surface area contributed by atoms with Crippen LogP contribution in [0.4, 0.5) is 5.69 Å². The largest absolute Gasteiger partial charge is 0.339 e. The molecule has 10 heteroatoms. The van der Waals surface area contributed by atoms with E-state index in [9.17, 15) is 4.79 Å². The van der Waals surface area contributed by atoms with E-state index >= 15 is 0 Å². The van der Waals surface area contributed by atoms with Gasteiger partial charge in [0.05, 0.1) is 16.5 Å². The van der Waals surface area contributed by atoms with E-state index in [0.717, 1.165) is 5.56 Å². The van der Waals surface area contributed by atoms with Crippen LogP contribution in [0.1, 0.15) is 5.56 Å². The highest BCUT2D eigenvalue weighted by Gasteiger charge is 2.34. The normalized spacial score (nSPS) is 12.2. The molecule has 0 saturated carbocycles. The number of nitrogens with one attached hydrogen (secondary N) is 3. The van der Waals surface area contributed by atoms with Crippen LogP contribution in [0.3, 0.4) is 0 Å². The van der Waals surface area contributed by atoms with Crippen molar-refractivity contribution in [3.05, 3.63) is 64.1 Å². The van der Waals surface area contributed by atoms with Crippen molar-refractivity contribution in [2.75, 3.05) is 5.32 Å². The Morgan fingerprint density at radius 2 is 1.67 bits per heavy atom. The van der Waals surface area contributed by atoms with Crippen molar-refractivity contribution in [2.45, 2.75) is 16.4 Å². The molecule has 0 radical (unpaired) electrons. The molecule has 3 N–H and O–H groups in total. The molecule has 0 aliphatic rings. The molecule has 1 amide bonds. The topological polar surface area (TPSA) is 53.2 Å². The number of anilines is 1. The van der Waals surface area contributed by atoms with Gasteiger partial charge in [-0.2, -0.15) is 0 Å². The summed E-state index contributed by atoms with van der Waals surface area (Å²) in [5, 5.41) is 9.18. The monoisotopic (exact) mass is 483 g/mol. The number of amides is 1. The highest BCUT2D eigenvalue weighted by atomic mass is 35.6. The standard InChI is InChI=1S/C17H14Cl5N3OS/c18-12-7-6-11(9-13(12)19)23-16(27)25-15(17(20,21)22)24-14(26)8-10-4-2-1-3-5-10/h1-7,9,15H,8H2,(H,24,26)(H2,23,25,27)/t15-/m0/s1. The van der Waals surface area contributed by atoms with E-state index in [0.29, 0.717) is 15.7 Å². The van der Waals surface area contributed by atoms with Gasteiger partial charge in [-0.3, -0.25) is 4.79 Å². The van der Waals surface area contributed by atoms with Crippen LogP contribution in [-0.4, -0.2) is 21.0 Å². The van der Waals surface area contributed by atoms with E-state index in [4.69, 9.17) is 70.2 Å². The SMILES string of the molecule is O=C(Cc1ccccc1)N[C@@H](NC(=S)Nc1ccc(Cl)c(Cl)c1)C(Cl)(Cl)Cl. The van der Waals surface area contributed by atoms with Crippen LogP contribution in [0.2, 0.25) is 10.0 Å². The molecule has 0 aliphatic heterocycles. The van der Waals surface area contributed by atoms with E-state index in [1.807, 2.05) is 30.3 Å². The second-order valence-electron chi connectivity index (χ2n) is 5.43. The molecule has 0 saturated heterocycles. The Labute approximate surface area is 187 Å². The number of thiocarbonyl (C=S) groups is 1. The molecular formula is C17H14Cl5N3OS. The molecule has 0 aromatic heterocycles. The summed E-state index contributed by atoms with van der Waals surface area (Å²) in [6, 6.07) is 14.1. The predicted octanol–water partition coefficient (Wildman–Crippen LogP) is 5.34. The molecule has 2 aromatic rings. The first-order valence-corrected chi connectivity index (χ1v) is 9.87. The van der Waals surface area contributed by atoms with Crippen molar-refractivity contribution in [3.63, 3.8) is 0 Å². The first-order valence-electron chi connectivity index (χ1n) is 7.58. The van der Waals surface area contributed by atoms with Crippen LogP contribution in [0.15, 0.2) is 48.5 Å². The number of alkyl halides is 3. The maximum Gasteiger partial charge on any atom is 0.228 e. The maximum absolute atomic E-state index is 12.3. The number of hydrogen-bond donors (Lipinski definition) is 3. The summed E-state index contributed by atoms with van der Waals surface area (Å²) in [6.07, 6.45) is -0.922. The first-order chi connectivity index (χ1) is 12.6. The second kappa shape index (κ2) is 10.0. The number of rotatable bonds is 5. The number of carbonyl (C=O) groups excluding carboxylic acids is 1. The molecule has 1 atom stereocenters. The molecule has 0 fully saturated rings. The van der Waals surface area contributed by atoms with E-state index < -0.39 is 9.96 Å². The van der Waals surface area contributed by atoms with Crippen molar-refractivity contribution in [1.82, 2.24) is 10.6 Å². The Kier molecular flexibility index (Phi) is 8.28. The van der Waals surface area contributed by atoms with Gasteiger partial charge >= 0.3 is 0 Å². The molecule has 4 nitrogen and oxygen atoms in total. The van der Waals surface area contributed by atoms with Crippen molar-refractivity contribution in [1.29, 1.82) is 0 Å². The maximum atomic E-state index is 12.3. The number of carbonyl (C=O) groups is 1. The van der Waals surface area contributed by atoms with Gasteiger partial charge in [0.2, 0.25) is 9.70 Å². The molecule has 0 aliphatic carbocycles. The molecular weight excluding hydrogens is 472 g/mol. The Morgan fingerprint density at radius 1 is 1.00 bits per heavy atom. The molecule has 0 bridgehead atoms. The lowest BCUT2D eigenvalue weighted by Crippen LogP contribution is -2.56. The summed E-state index contributed by atoms with van der Waals surface area (Å²) < 4.78 is -1.84. The van der Waals surface area contributed by atoms with Crippen molar-refractivity contribution in [3.8, 4) is 0 Å². The summed E-state index contributed by atoms with van der Waals surface area (Å²) >= 11 is 35.0. The molecule has 0 heterocycles. The lowest BCUT2D eigenvalue weighted by atomic mass is 10.1. The van der Waals surface area contributed by atoms with Gasteiger partial charge in [0.1, 0.15) is 6.17 Å². The summed E-state index contributed by atoms with van der Waals surface area (Å²) in [7, 11) is 0. The average Bonchev–Trinajstić information content (AvgIpc) is 2.57. The zero-order valence-corrected chi connectivity index (χ0v) is 18.2. The Hall–Kier alpha value is -0.950. The smallest absolute Gasteiger partial charge is 0.228 e. The van der Waals surface area contributed by atoms with Crippen LogP contribution in [-0.2, 0) is 11.2 Å². The Bertz CT molecular complexity index is 814. The number of hydrogen-bond acceptors (Lipinski definition) is 2. The third-order valence-corrected chi connectivity index (χ3v) is 4.91. The van der Waals surface area contributed by atoms with Crippen LogP contribution >= 0.6 is 70.2 Å². The third-order valence-electron chi connectivity index (χ3n) is 3.29. The lowest BCUT2D eigenvalue weighted by molar-refractivity contribution is -0.121. The van der Waals surface area contributed by atoms with Gasteiger partial charge in [-0.25, -0.2) is 0 Å². The lowest BCUT2D eigenvalue weighted by Gasteiger charge is -2.27. The van der Waals surface area contributed by atoms with E-state index in [-0.39, 0.29) is 17.4 Å². The second-order valence-corrected chi connectivity index (χ2v) is 9.02. The van der Waals surface area contributed by atoms with Crippen molar-refractivity contribution in [2.24, 2.45) is 0 Å². The summed E-state index contributed by atoms with van der Waals surface area (Å²) in [4.78, 5) is 12.3. The van der Waals surface area contributed by atoms with Crippen molar-refractivity contribution < 1.29 is 4.79 Å². The summed E-state index contributed by atoms with van der Waals surface area (Å²) in [5.74, 6) is -0.331.